The van der Waals surface area contributed by atoms with Crippen LogP contribution < -0.4 is 14.8 Å². The molecule has 0 spiro atoms. The average molecular weight is 368 g/mol. The molecule has 27 heavy (non-hydrogen) atoms. The van der Waals surface area contributed by atoms with Crippen LogP contribution in [0.5, 0.6) is 11.5 Å². The number of amides is 1. The average Bonchev–Trinajstić information content (AvgIpc) is 2.72. The molecule has 1 heterocycles. The Labute approximate surface area is 161 Å². The smallest absolute Gasteiger partial charge is 0.224 e. The molecule has 5 nitrogen and oxygen atoms in total. The molecule has 144 valence electrons. The van der Waals surface area contributed by atoms with E-state index in [-0.39, 0.29) is 11.8 Å². The summed E-state index contributed by atoms with van der Waals surface area (Å²) in [6.45, 7) is 3.13. The number of likely N-dealkylation sites (tertiary alicyclic amines) is 1. The Hall–Kier alpha value is -2.53. The number of piperidine rings is 1. The van der Waals surface area contributed by atoms with Crippen molar-refractivity contribution in [1.82, 2.24) is 10.2 Å². The molecular formula is C22H28N2O3. The van der Waals surface area contributed by atoms with E-state index in [0.717, 1.165) is 49.5 Å². The summed E-state index contributed by atoms with van der Waals surface area (Å²) in [5.41, 5.74) is 2.16. The van der Waals surface area contributed by atoms with Gasteiger partial charge in [-0.2, -0.15) is 0 Å². The molecule has 0 saturated carbocycles. The van der Waals surface area contributed by atoms with Gasteiger partial charge < -0.3 is 14.8 Å². The van der Waals surface area contributed by atoms with Crippen LogP contribution in [0, 0.1) is 5.92 Å². The first kappa shape index (κ1) is 19.2. The summed E-state index contributed by atoms with van der Waals surface area (Å²) in [5.74, 6) is 1.57. The van der Waals surface area contributed by atoms with E-state index in [2.05, 4.69) is 34.5 Å². The minimum absolute atomic E-state index is 0.0168. The van der Waals surface area contributed by atoms with E-state index in [4.69, 9.17) is 9.47 Å². The Kier molecular flexibility index (Phi) is 6.71. The molecule has 5 heteroatoms. The minimum Gasteiger partial charge on any atom is -0.496 e. The van der Waals surface area contributed by atoms with E-state index >= 15 is 0 Å². The highest BCUT2D eigenvalue weighted by Gasteiger charge is 2.26. The van der Waals surface area contributed by atoms with Gasteiger partial charge >= 0.3 is 0 Å². The molecule has 1 atom stereocenters. The van der Waals surface area contributed by atoms with Crippen LogP contribution in [0.4, 0.5) is 0 Å². The largest absolute Gasteiger partial charge is 0.496 e. The van der Waals surface area contributed by atoms with Crippen molar-refractivity contribution < 1.29 is 14.3 Å². The van der Waals surface area contributed by atoms with Crippen molar-refractivity contribution >= 4 is 5.91 Å². The highest BCUT2D eigenvalue weighted by atomic mass is 16.5. The summed E-state index contributed by atoms with van der Waals surface area (Å²) >= 11 is 0. The maximum atomic E-state index is 12.7. The number of methoxy groups -OCH3 is 2. The van der Waals surface area contributed by atoms with E-state index in [1.165, 1.54) is 5.56 Å². The normalized spacial score (nSPS) is 17.3. The van der Waals surface area contributed by atoms with Crippen molar-refractivity contribution in [2.45, 2.75) is 25.9 Å². The number of carbonyl (C=O) groups is 1. The quantitative estimate of drug-likeness (QED) is 0.815. The van der Waals surface area contributed by atoms with Crippen LogP contribution in [0.3, 0.4) is 0 Å². The SMILES string of the molecule is COc1cccc(OC)c1CNC(=O)C1CCCN(Cc2ccccc2)C1. The van der Waals surface area contributed by atoms with Crippen LogP contribution in [0.2, 0.25) is 0 Å². The van der Waals surface area contributed by atoms with Gasteiger partial charge in [0.05, 0.1) is 32.2 Å². The summed E-state index contributed by atoms with van der Waals surface area (Å²) in [4.78, 5) is 15.1. The first-order valence-corrected chi connectivity index (χ1v) is 9.45. The van der Waals surface area contributed by atoms with E-state index in [1.54, 1.807) is 14.2 Å². The molecule has 2 aromatic carbocycles. The molecule has 1 aliphatic heterocycles. The maximum Gasteiger partial charge on any atom is 0.224 e. The van der Waals surface area contributed by atoms with Gasteiger partial charge in [0.1, 0.15) is 11.5 Å². The van der Waals surface area contributed by atoms with E-state index < -0.39 is 0 Å². The Morgan fingerprint density at radius 3 is 2.44 bits per heavy atom. The molecule has 1 amide bonds. The zero-order valence-corrected chi connectivity index (χ0v) is 16.1. The first-order valence-electron chi connectivity index (χ1n) is 9.45. The van der Waals surface area contributed by atoms with Gasteiger partial charge in [0, 0.05) is 13.1 Å². The molecule has 1 aliphatic rings. The Morgan fingerprint density at radius 2 is 1.78 bits per heavy atom. The second-order valence-corrected chi connectivity index (χ2v) is 6.92. The fourth-order valence-corrected chi connectivity index (χ4v) is 3.68. The first-order chi connectivity index (χ1) is 13.2. The maximum absolute atomic E-state index is 12.7. The zero-order valence-electron chi connectivity index (χ0n) is 16.1. The van der Waals surface area contributed by atoms with Crippen LogP contribution in [0.1, 0.15) is 24.0 Å². The van der Waals surface area contributed by atoms with E-state index in [0.29, 0.717) is 6.54 Å². The van der Waals surface area contributed by atoms with Crippen LogP contribution in [-0.4, -0.2) is 38.1 Å². The molecular weight excluding hydrogens is 340 g/mol. The van der Waals surface area contributed by atoms with Crippen molar-refractivity contribution in [2.24, 2.45) is 5.92 Å². The van der Waals surface area contributed by atoms with Crippen molar-refractivity contribution in [3.8, 4) is 11.5 Å². The van der Waals surface area contributed by atoms with Crippen LogP contribution in [0.15, 0.2) is 48.5 Å². The molecule has 1 fully saturated rings. The lowest BCUT2D eigenvalue weighted by atomic mass is 9.96. The highest BCUT2D eigenvalue weighted by molar-refractivity contribution is 5.79. The fraction of sp³-hybridized carbons (Fsp3) is 0.409. The molecule has 0 radical (unpaired) electrons. The fourth-order valence-electron chi connectivity index (χ4n) is 3.68. The number of benzene rings is 2. The number of carbonyl (C=O) groups excluding carboxylic acids is 1. The van der Waals surface area contributed by atoms with Gasteiger partial charge in [0.2, 0.25) is 5.91 Å². The number of rotatable bonds is 7. The molecule has 1 saturated heterocycles. The van der Waals surface area contributed by atoms with Gasteiger partial charge in [-0.25, -0.2) is 0 Å². The lowest BCUT2D eigenvalue weighted by Crippen LogP contribution is -2.42. The molecule has 0 aromatic heterocycles. The van der Waals surface area contributed by atoms with Gasteiger partial charge in [0.15, 0.2) is 0 Å². The molecule has 0 bridgehead atoms. The topological polar surface area (TPSA) is 50.8 Å². The number of hydrogen-bond acceptors (Lipinski definition) is 4. The predicted octanol–water partition coefficient (Wildman–Crippen LogP) is 3.23. The highest BCUT2D eigenvalue weighted by Crippen LogP contribution is 2.28. The lowest BCUT2D eigenvalue weighted by molar-refractivity contribution is -0.126. The van der Waals surface area contributed by atoms with Crippen molar-refractivity contribution in [3.63, 3.8) is 0 Å². The third kappa shape index (κ3) is 5.01. The zero-order chi connectivity index (χ0) is 19.1. The number of hydrogen-bond donors (Lipinski definition) is 1. The minimum atomic E-state index is 0.0168. The Morgan fingerprint density at radius 1 is 1.07 bits per heavy atom. The van der Waals surface area contributed by atoms with Gasteiger partial charge in [-0.15, -0.1) is 0 Å². The molecule has 1 N–H and O–H groups in total. The predicted molar refractivity (Wildman–Crippen MR) is 106 cm³/mol. The van der Waals surface area contributed by atoms with Crippen LogP contribution >= 0.6 is 0 Å². The molecule has 2 aromatic rings. The van der Waals surface area contributed by atoms with E-state index in [9.17, 15) is 4.79 Å². The summed E-state index contributed by atoms with van der Waals surface area (Å²) < 4.78 is 10.8. The van der Waals surface area contributed by atoms with Gasteiger partial charge in [0.25, 0.3) is 0 Å². The lowest BCUT2D eigenvalue weighted by Gasteiger charge is -2.32. The number of nitrogens with one attached hydrogen (secondary N) is 1. The molecule has 1 unspecified atom stereocenters. The summed E-state index contributed by atoms with van der Waals surface area (Å²) in [5, 5.41) is 3.08. The number of ether oxygens (including phenoxy) is 2. The second kappa shape index (κ2) is 9.42. The van der Waals surface area contributed by atoms with Crippen molar-refractivity contribution in [1.29, 1.82) is 0 Å². The number of nitrogens with zero attached hydrogens (tertiary/aromatic N) is 1. The molecule has 0 aliphatic carbocycles. The Balaban J connectivity index is 1.58. The van der Waals surface area contributed by atoms with Gasteiger partial charge in [-0.1, -0.05) is 36.4 Å². The third-order valence-corrected chi connectivity index (χ3v) is 5.09. The third-order valence-electron chi connectivity index (χ3n) is 5.09. The summed E-state index contributed by atoms with van der Waals surface area (Å²) in [6, 6.07) is 16.1. The van der Waals surface area contributed by atoms with Crippen molar-refractivity contribution in [2.75, 3.05) is 27.3 Å². The standard InChI is InChI=1S/C22H28N2O3/c1-26-20-11-6-12-21(27-2)19(20)14-23-22(25)18-10-7-13-24(16-18)15-17-8-4-3-5-9-17/h3-6,8-9,11-12,18H,7,10,13-16H2,1-2H3,(H,23,25). The molecule has 3 rings (SSSR count). The summed E-state index contributed by atoms with van der Waals surface area (Å²) in [7, 11) is 3.26. The van der Waals surface area contributed by atoms with Crippen LogP contribution in [0.25, 0.3) is 0 Å². The van der Waals surface area contributed by atoms with Crippen LogP contribution in [-0.2, 0) is 17.9 Å². The second-order valence-electron chi connectivity index (χ2n) is 6.92. The monoisotopic (exact) mass is 368 g/mol. The van der Waals surface area contributed by atoms with E-state index in [1.807, 2.05) is 24.3 Å². The Bertz CT molecular complexity index is 726. The van der Waals surface area contributed by atoms with Crippen molar-refractivity contribution in [3.05, 3.63) is 59.7 Å². The van der Waals surface area contributed by atoms with Gasteiger partial charge in [-0.3, -0.25) is 9.69 Å². The summed E-state index contributed by atoms with van der Waals surface area (Å²) in [6.07, 6.45) is 1.98. The van der Waals surface area contributed by atoms with Gasteiger partial charge in [-0.05, 0) is 37.1 Å².